The van der Waals surface area contributed by atoms with E-state index in [9.17, 15) is 0 Å². The van der Waals surface area contributed by atoms with Crippen LogP contribution in [0, 0.1) is 0 Å². The van der Waals surface area contributed by atoms with Crippen LogP contribution in [0.25, 0.3) is 69.9 Å². The van der Waals surface area contributed by atoms with Gasteiger partial charge >= 0.3 is 0 Å². The zero-order chi connectivity index (χ0) is 33.7. The first-order chi connectivity index (χ1) is 25.3. The summed E-state index contributed by atoms with van der Waals surface area (Å²) in [5.41, 5.74) is 12.0. The maximum Gasteiger partial charge on any atom is 0.0727 e. The summed E-state index contributed by atoms with van der Waals surface area (Å²) < 4.78 is 5.07. The maximum absolute atomic E-state index is 2.43. The first-order valence-corrected chi connectivity index (χ1v) is 18.2. The van der Waals surface area contributed by atoms with Crippen LogP contribution in [-0.2, 0) is 0 Å². The lowest BCUT2D eigenvalue weighted by Gasteiger charge is -2.26. The Bertz CT molecular complexity index is 2820. The SMILES string of the molecule is c1ccc(N(c2ccc(-c3cccc4ccccc34)cc2)c2ccc(-c3cccc4c3sc3c5ccccc5n(-c5ccccc5)c43)cc2)cc1. The summed E-state index contributed by atoms with van der Waals surface area (Å²) in [6.45, 7) is 0. The Hall–Kier alpha value is -6.42. The van der Waals surface area contributed by atoms with E-state index in [-0.39, 0.29) is 0 Å². The molecule has 10 aromatic rings. The van der Waals surface area contributed by atoms with Crippen molar-refractivity contribution < 1.29 is 0 Å². The van der Waals surface area contributed by atoms with Crippen LogP contribution in [0.15, 0.2) is 194 Å². The van der Waals surface area contributed by atoms with Gasteiger partial charge in [-0.05, 0) is 87.6 Å². The number of rotatable bonds is 6. The first kappa shape index (κ1) is 29.5. The number of nitrogens with zero attached hydrogens (tertiary/aromatic N) is 2. The van der Waals surface area contributed by atoms with Gasteiger partial charge in [0.1, 0.15) is 0 Å². The molecule has 0 spiro atoms. The van der Waals surface area contributed by atoms with E-state index in [0.717, 1.165) is 17.1 Å². The number of thiophene rings is 1. The standard InChI is InChI=1S/C48H32N2S/c1-3-15-36(16-4-1)49(38-29-25-34(26-30-38)41-21-11-14-33-13-7-8-19-40(33)41)39-31-27-35(28-32-39)42-22-12-23-44-46-48(51-47(42)44)43-20-9-10-24-45(43)50(46)37-17-5-2-6-18-37/h1-32H. The quantitative estimate of drug-likeness (QED) is 0.171. The highest BCUT2D eigenvalue weighted by atomic mass is 32.1. The molecule has 3 heteroatoms. The van der Waals surface area contributed by atoms with E-state index in [2.05, 4.69) is 204 Å². The van der Waals surface area contributed by atoms with Crippen LogP contribution in [0.3, 0.4) is 0 Å². The average molecular weight is 669 g/mol. The highest BCUT2D eigenvalue weighted by Crippen LogP contribution is 2.46. The predicted molar refractivity (Wildman–Crippen MR) is 219 cm³/mol. The average Bonchev–Trinajstić information content (AvgIpc) is 3.74. The zero-order valence-corrected chi connectivity index (χ0v) is 28.6. The molecule has 2 nitrogen and oxygen atoms in total. The number of hydrogen-bond acceptors (Lipinski definition) is 2. The summed E-state index contributed by atoms with van der Waals surface area (Å²) in [5.74, 6) is 0. The number of fused-ring (bicyclic) bond motifs is 6. The zero-order valence-electron chi connectivity index (χ0n) is 27.8. The summed E-state index contributed by atoms with van der Waals surface area (Å²) in [5, 5.41) is 5.11. The molecule has 0 aliphatic rings. The van der Waals surface area contributed by atoms with Crippen LogP contribution in [0.5, 0.6) is 0 Å². The normalized spacial score (nSPS) is 11.5. The molecule has 0 saturated carbocycles. The summed E-state index contributed by atoms with van der Waals surface area (Å²) in [4.78, 5) is 2.34. The molecule has 0 N–H and O–H groups in total. The Kier molecular flexibility index (Phi) is 7.04. The lowest BCUT2D eigenvalue weighted by molar-refractivity contribution is 1.19. The lowest BCUT2D eigenvalue weighted by atomic mass is 9.98. The van der Waals surface area contributed by atoms with Gasteiger partial charge in [-0.3, -0.25) is 0 Å². The third-order valence-corrected chi connectivity index (χ3v) is 11.3. The molecule has 0 aliphatic carbocycles. The minimum atomic E-state index is 1.12. The second-order valence-corrected chi connectivity index (χ2v) is 14.0. The molecular formula is C48H32N2S. The Labute approximate surface area is 300 Å². The Morgan fingerprint density at radius 1 is 0.373 bits per heavy atom. The number of anilines is 3. The number of hydrogen-bond donors (Lipinski definition) is 0. The molecule has 0 atom stereocenters. The van der Waals surface area contributed by atoms with Gasteiger partial charge in [-0.15, -0.1) is 11.3 Å². The number of aromatic nitrogens is 1. The molecule has 240 valence electrons. The van der Waals surface area contributed by atoms with Crippen LogP contribution in [0.1, 0.15) is 0 Å². The van der Waals surface area contributed by atoms with Crippen LogP contribution in [0.4, 0.5) is 17.1 Å². The first-order valence-electron chi connectivity index (χ1n) is 17.4. The summed E-state index contributed by atoms with van der Waals surface area (Å²) in [7, 11) is 0. The van der Waals surface area contributed by atoms with E-state index in [0.29, 0.717) is 0 Å². The smallest absolute Gasteiger partial charge is 0.0727 e. The molecule has 0 amide bonds. The van der Waals surface area contributed by atoms with Crippen molar-refractivity contribution in [1.82, 2.24) is 4.57 Å². The second-order valence-electron chi connectivity index (χ2n) is 12.9. The molecule has 0 fully saturated rings. The van der Waals surface area contributed by atoms with E-state index >= 15 is 0 Å². The molecule has 2 heterocycles. The largest absolute Gasteiger partial charge is 0.311 e. The van der Waals surface area contributed by atoms with Crippen LogP contribution >= 0.6 is 11.3 Å². The summed E-state index contributed by atoms with van der Waals surface area (Å²) in [6, 6.07) is 70.1. The van der Waals surface area contributed by atoms with Crippen LogP contribution in [-0.4, -0.2) is 4.57 Å². The molecule has 0 saturated heterocycles. The molecule has 0 bridgehead atoms. The van der Waals surface area contributed by atoms with Crippen LogP contribution < -0.4 is 4.90 Å². The fraction of sp³-hybridized carbons (Fsp3) is 0. The van der Waals surface area contributed by atoms with Gasteiger partial charge in [0.15, 0.2) is 0 Å². The van der Waals surface area contributed by atoms with Gasteiger partial charge in [0.25, 0.3) is 0 Å². The predicted octanol–water partition coefficient (Wildman–Crippen LogP) is 14.0. The highest BCUT2D eigenvalue weighted by Gasteiger charge is 2.20. The van der Waals surface area contributed by atoms with Crippen molar-refractivity contribution >= 4 is 70.4 Å². The Balaban J connectivity index is 1.06. The highest BCUT2D eigenvalue weighted by molar-refractivity contribution is 7.27. The molecule has 0 unspecified atom stereocenters. The van der Waals surface area contributed by atoms with Gasteiger partial charge in [-0.2, -0.15) is 0 Å². The van der Waals surface area contributed by atoms with Gasteiger partial charge < -0.3 is 9.47 Å². The van der Waals surface area contributed by atoms with Crippen molar-refractivity contribution in [3.8, 4) is 27.9 Å². The fourth-order valence-electron chi connectivity index (χ4n) is 7.65. The fourth-order valence-corrected chi connectivity index (χ4v) is 9.00. The van der Waals surface area contributed by atoms with Gasteiger partial charge in [0, 0.05) is 38.2 Å². The number of para-hydroxylation sites is 3. The van der Waals surface area contributed by atoms with Crippen molar-refractivity contribution in [3.63, 3.8) is 0 Å². The van der Waals surface area contributed by atoms with Crippen LogP contribution in [0.2, 0.25) is 0 Å². The Morgan fingerprint density at radius 2 is 0.902 bits per heavy atom. The molecule has 8 aromatic carbocycles. The maximum atomic E-state index is 2.43. The number of benzene rings is 8. The van der Waals surface area contributed by atoms with Gasteiger partial charge in [0.2, 0.25) is 0 Å². The van der Waals surface area contributed by atoms with E-state index in [1.807, 2.05) is 11.3 Å². The summed E-state index contributed by atoms with van der Waals surface area (Å²) >= 11 is 1.90. The third-order valence-electron chi connectivity index (χ3n) is 9.99. The lowest BCUT2D eigenvalue weighted by Crippen LogP contribution is -2.09. The topological polar surface area (TPSA) is 8.17 Å². The van der Waals surface area contributed by atoms with Crippen molar-refractivity contribution in [3.05, 3.63) is 194 Å². The molecule has 0 aliphatic heterocycles. The second kappa shape index (κ2) is 12.2. The monoisotopic (exact) mass is 668 g/mol. The summed E-state index contributed by atoms with van der Waals surface area (Å²) in [6.07, 6.45) is 0. The Morgan fingerprint density at radius 3 is 1.65 bits per heavy atom. The molecule has 10 rings (SSSR count). The van der Waals surface area contributed by atoms with Crippen molar-refractivity contribution in [2.24, 2.45) is 0 Å². The van der Waals surface area contributed by atoms with E-state index < -0.39 is 0 Å². The van der Waals surface area contributed by atoms with Crippen molar-refractivity contribution in [2.75, 3.05) is 4.90 Å². The van der Waals surface area contributed by atoms with Crippen molar-refractivity contribution in [2.45, 2.75) is 0 Å². The van der Waals surface area contributed by atoms with E-state index in [1.165, 1.54) is 69.9 Å². The third kappa shape index (κ3) is 4.93. The van der Waals surface area contributed by atoms with Gasteiger partial charge in [-0.1, -0.05) is 140 Å². The molecule has 0 radical (unpaired) electrons. The van der Waals surface area contributed by atoms with Crippen molar-refractivity contribution in [1.29, 1.82) is 0 Å². The van der Waals surface area contributed by atoms with Gasteiger partial charge in [-0.25, -0.2) is 0 Å². The van der Waals surface area contributed by atoms with Gasteiger partial charge in [0.05, 0.1) is 15.7 Å². The van der Waals surface area contributed by atoms with E-state index in [4.69, 9.17) is 0 Å². The minimum Gasteiger partial charge on any atom is -0.311 e. The molecule has 51 heavy (non-hydrogen) atoms. The molecule has 2 aromatic heterocycles. The minimum absolute atomic E-state index is 1.12. The van der Waals surface area contributed by atoms with E-state index in [1.54, 1.807) is 0 Å². The molecular weight excluding hydrogens is 637 g/mol.